The van der Waals surface area contributed by atoms with E-state index in [1.54, 1.807) is 0 Å². The van der Waals surface area contributed by atoms with Gasteiger partial charge in [0.2, 0.25) is 0 Å². The van der Waals surface area contributed by atoms with Crippen molar-refractivity contribution in [3.8, 4) is 5.75 Å². The summed E-state index contributed by atoms with van der Waals surface area (Å²) in [6.07, 6.45) is 1.20. The van der Waals surface area contributed by atoms with Gasteiger partial charge in [-0.05, 0) is 51.1 Å². The van der Waals surface area contributed by atoms with Gasteiger partial charge in [-0.1, -0.05) is 0 Å². The molecule has 1 aliphatic heterocycles. The molecule has 0 amide bonds. The van der Waals surface area contributed by atoms with Crippen LogP contribution in [0, 0.1) is 0 Å². The molecule has 0 aliphatic carbocycles. The Balaban J connectivity index is 2.09. The topological polar surface area (TPSA) is 24.5 Å². The second-order valence-corrected chi connectivity index (χ2v) is 4.51. The molecule has 1 aromatic rings. The first-order chi connectivity index (χ1) is 8.31. The molecule has 94 valence electrons. The Morgan fingerprint density at radius 3 is 2.76 bits per heavy atom. The van der Waals surface area contributed by atoms with E-state index in [1.807, 2.05) is 6.92 Å². The zero-order chi connectivity index (χ0) is 12.1. The molecule has 0 bridgehead atoms. The molecule has 2 rings (SSSR count). The van der Waals surface area contributed by atoms with E-state index in [0.29, 0.717) is 6.04 Å². The van der Waals surface area contributed by atoms with Crippen LogP contribution in [0.25, 0.3) is 0 Å². The van der Waals surface area contributed by atoms with E-state index in [0.717, 1.165) is 32.0 Å². The SMILES string of the molecule is CCOc1ccc(N2CCNCCC2C)cc1. The van der Waals surface area contributed by atoms with Crippen LogP contribution in [-0.2, 0) is 0 Å². The normalized spacial score (nSPS) is 21.1. The molecule has 1 fully saturated rings. The summed E-state index contributed by atoms with van der Waals surface area (Å²) in [6, 6.07) is 9.04. The summed E-state index contributed by atoms with van der Waals surface area (Å²) in [6.45, 7) is 8.30. The standard InChI is InChI=1S/C14H22N2O/c1-3-17-14-6-4-13(5-7-14)16-11-10-15-9-8-12(16)2/h4-7,12,15H,3,8-11H2,1-2H3. The average Bonchev–Trinajstić information content (AvgIpc) is 2.56. The minimum Gasteiger partial charge on any atom is -0.494 e. The molecule has 3 nitrogen and oxygen atoms in total. The van der Waals surface area contributed by atoms with E-state index < -0.39 is 0 Å². The monoisotopic (exact) mass is 234 g/mol. The van der Waals surface area contributed by atoms with Crippen LogP contribution in [0.3, 0.4) is 0 Å². The first-order valence-corrected chi connectivity index (χ1v) is 6.51. The van der Waals surface area contributed by atoms with Gasteiger partial charge >= 0.3 is 0 Å². The number of rotatable bonds is 3. The molecule has 1 atom stereocenters. The molecule has 0 radical (unpaired) electrons. The van der Waals surface area contributed by atoms with Crippen molar-refractivity contribution < 1.29 is 4.74 Å². The zero-order valence-corrected chi connectivity index (χ0v) is 10.8. The summed E-state index contributed by atoms with van der Waals surface area (Å²) in [5.41, 5.74) is 1.30. The van der Waals surface area contributed by atoms with Crippen molar-refractivity contribution in [1.29, 1.82) is 0 Å². The Labute approximate surface area is 104 Å². The lowest BCUT2D eigenvalue weighted by Gasteiger charge is -2.29. The van der Waals surface area contributed by atoms with Gasteiger partial charge in [0.15, 0.2) is 0 Å². The fourth-order valence-electron chi connectivity index (χ4n) is 2.30. The van der Waals surface area contributed by atoms with Crippen molar-refractivity contribution in [2.24, 2.45) is 0 Å². The molecule has 1 heterocycles. The molecule has 1 aliphatic rings. The van der Waals surface area contributed by atoms with Crippen LogP contribution in [0.2, 0.25) is 0 Å². The molecular formula is C14H22N2O. The number of nitrogens with zero attached hydrogens (tertiary/aromatic N) is 1. The molecule has 1 unspecified atom stereocenters. The van der Waals surface area contributed by atoms with Gasteiger partial charge in [-0.15, -0.1) is 0 Å². The Bertz CT molecular complexity index is 337. The quantitative estimate of drug-likeness (QED) is 0.868. The Hall–Kier alpha value is -1.22. The molecular weight excluding hydrogens is 212 g/mol. The van der Waals surface area contributed by atoms with Gasteiger partial charge in [-0.2, -0.15) is 0 Å². The van der Waals surface area contributed by atoms with Crippen molar-refractivity contribution in [2.75, 3.05) is 31.1 Å². The first kappa shape index (κ1) is 12.2. The van der Waals surface area contributed by atoms with Gasteiger partial charge in [0, 0.05) is 24.8 Å². The van der Waals surface area contributed by atoms with Crippen molar-refractivity contribution in [3.63, 3.8) is 0 Å². The predicted molar refractivity (Wildman–Crippen MR) is 71.9 cm³/mol. The molecule has 1 aromatic carbocycles. The predicted octanol–water partition coefficient (Wildman–Crippen LogP) is 2.27. The smallest absolute Gasteiger partial charge is 0.119 e. The third-order valence-corrected chi connectivity index (χ3v) is 3.28. The maximum atomic E-state index is 5.47. The number of hydrogen-bond donors (Lipinski definition) is 1. The van der Waals surface area contributed by atoms with Crippen LogP contribution < -0.4 is 15.0 Å². The lowest BCUT2D eigenvalue weighted by Crippen LogP contribution is -2.34. The van der Waals surface area contributed by atoms with E-state index in [1.165, 1.54) is 12.1 Å². The number of hydrogen-bond acceptors (Lipinski definition) is 3. The molecule has 0 spiro atoms. The first-order valence-electron chi connectivity index (χ1n) is 6.51. The molecule has 1 saturated heterocycles. The minimum atomic E-state index is 0.600. The maximum absolute atomic E-state index is 5.47. The third-order valence-electron chi connectivity index (χ3n) is 3.28. The second-order valence-electron chi connectivity index (χ2n) is 4.51. The highest BCUT2D eigenvalue weighted by molar-refractivity contribution is 5.50. The number of ether oxygens (including phenoxy) is 1. The van der Waals surface area contributed by atoms with Gasteiger partial charge in [0.05, 0.1) is 6.61 Å². The van der Waals surface area contributed by atoms with Crippen molar-refractivity contribution in [2.45, 2.75) is 26.3 Å². The summed E-state index contributed by atoms with van der Waals surface area (Å²) in [7, 11) is 0. The highest BCUT2D eigenvalue weighted by Crippen LogP contribution is 2.22. The lowest BCUT2D eigenvalue weighted by molar-refractivity contribution is 0.340. The average molecular weight is 234 g/mol. The van der Waals surface area contributed by atoms with E-state index in [2.05, 4.69) is 41.4 Å². The van der Waals surface area contributed by atoms with Gasteiger partial charge < -0.3 is 15.0 Å². The van der Waals surface area contributed by atoms with Crippen LogP contribution in [0.15, 0.2) is 24.3 Å². The third kappa shape index (κ3) is 3.13. The Morgan fingerprint density at radius 1 is 1.29 bits per heavy atom. The van der Waals surface area contributed by atoms with E-state index >= 15 is 0 Å². The minimum absolute atomic E-state index is 0.600. The molecule has 0 saturated carbocycles. The fourth-order valence-corrected chi connectivity index (χ4v) is 2.30. The number of nitrogens with one attached hydrogen (secondary N) is 1. The summed E-state index contributed by atoms with van der Waals surface area (Å²) < 4.78 is 5.47. The summed E-state index contributed by atoms with van der Waals surface area (Å²) in [5.74, 6) is 0.955. The van der Waals surface area contributed by atoms with Crippen molar-refractivity contribution >= 4 is 5.69 Å². The van der Waals surface area contributed by atoms with Crippen LogP contribution in [0.4, 0.5) is 5.69 Å². The van der Waals surface area contributed by atoms with Gasteiger partial charge in [0.1, 0.15) is 5.75 Å². The van der Waals surface area contributed by atoms with Crippen LogP contribution >= 0.6 is 0 Å². The zero-order valence-electron chi connectivity index (χ0n) is 10.8. The summed E-state index contributed by atoms with van der Waals surface area (Å²) >= 11 is 0. The molecule has 1 N–H and O–H groups in total. The number of benzene rings is 1. The number of anilines is 1. The summed E-state index contributed by atoms with van der Waals surface area (Å²) in [5, 5.41) is 3.44. The van der Waals surface area contributed by atoms with Gasteiger partial charge in [0.25, 0.3) is 0 Å². The van der Waals surface area contributed by atoms with Gasteiger partial charge in [-0.25, -0.2) is 0 Å². The molecule has 17 heavy (non-hydrogen) atoms. The van der Waals surface area contributed by atoms with Gasteiger partial charge in [-0.3, -0.25) is 0 Å². The van der Waals surface area contributed by atoms with Crippen molar-refractivity contribution in [3.05, 3.63) is 24.3 Å². The second kappa shape index (κ2) is 5.92. The lowest BCUT2D eigenvalue weighted by atomic mass is 10.2. The molecule has 0 aromatic heterocycles. The Kier molecular flexibility index (Phi) is 4.26. The molecule has 3 heteroatoms. The highest BCUT2D eigenvalue weighted by atomic mass is 16.5. The van der Waals surface area contributed by atoms with E-state index in [-0.39, 0.29) is 0 Å². The summed E-state index contributed by atoms with van der Waals surface area (Å²) in [4.78, 5) is 2.47. The Morgan fingerprint density at radius 2 is 2.06 bits per heavy atom. The fraction of sp³-hybridized carbons (Fsp3) is 0.571. The highest BCUT2D eigenvalue weighted by Gasteiger charge is 2.16. The maximum Gasteiger partial charge on any atom is 0.119 e. The van der Waals surface area contributed by atoms with Crippen LogP contribution in [0.5, 0.6) is 5.75 Å². The van der Waals surface area contributed by atoms with E-state index in [9.17, 15) is 0 Å². The largest absolute Gasteiger partial charge is 0.494 e. The van der Waals surface area contributed by atoms with Crippen LogP contribution in [0.1, 0.15) is 20.3 Å². The van der Waals surface area contributed by atoms with E-state index in [4.69, 9.17) is 4.74 Å². The van der Waals surface area contributed by atoms with Crippen molar-refractivity contribution in [1.82, 2.24) is 5.32 Å². The van der Waals surface area contributed by atoms with Crippen LogP contribution in [-0.4, -0.2) is 32.3 Å².